The fraction of sp³-hybridized carbons (Fsp3) is 0.583. The molecule has 2 unspecified atom stereocenters. The molecule has 0 bridgehead atoms. The molecule has 1 fully saturated rings. The third-order valence-corrected chi connectivity index (χ3v) is 3.32. The molecule has 1 aromatic rings. The van der Waals surface area contributed by atoms with E-state index in [0.717, 1.165) is 25.0 Å². The average Bonchev–Trinajstić information content (AvgIpc) is 2.48. The zero-order valence-corrected chi connectivity index (χ0v) is 8.83. The van der Waals surface area contributed by atoms with Crippen molar-refractivity contribution < 1.29 is 5.11 Å². The number of aliphatic hydroxyl groups is 1. The van der Waals surface area contributed by atoms with Crippen molar-refractivity contribution >= 4 is 0 Å². The number of aliphatic hydroxyl groups excluding tert-OH is 1. The minimum Gasteiger partial charge on any atom is -0.393 e. The van der Waals surface area contributed by atoms with E-state index in [0.29, 0.717) is 0 Å². The first-order valence-electron chi connectivity index (χ1n) is 5.21. The lowest BCUT2D eigenvalue weighted by molar-refractivity contribution is 0.175. The number of hydrogen-bond acceptors (Lipinski definition) is 2. The minimum absolute atomic E-state index is 0.124. The van der Waals surface area contributed by atoms with Crippen molar-refractivity contribution in [1.82, 2.24) is 4.98 Å². The van der Waals surface area contributed by atoms with Gasteiger partial charge in [-0.1, -0.05) is 13.0 Å². The molecule has 1 N–H and O–H groups in total. The number of aryl methyl sites for hydroxylation is 1. The molecule has 0 saturated heterocycles. The van der Waals surface area contributed by atoms with Crippen molar-refractivity contribution in [3.8, 4) is 0 Å². The standard InChI is InChI=1S/C12H17NO/c1-9-3-4-10(8-13-9)12(2)6-5-11(14)7-12/h3-4,8,11,14H,5-7H2,1-2H3. The quantitative estimate of drug-likeness (QED) is 0.738. The molecule has 76 valence electrons. The Hall–Kier alpha value is -0.890. The molecule has 1 heterocycles. The first-order chi connectivity index (χ1) is 6.60. The van der Waals surface area contributed by atoms with Crippen LogP contribution in [0.4, 0.5) is 0 Å². The van der Waals surface area contributed by atoms with Crippen LogP contribution >= 0.6 is 0 Å². The predicted molar refractivity (Wildman–Crippen MR) is 56.2 cm³/mol. The van der Waals surface area contributed by atoms with E-state index in [2.05, 4.69) is 18.0 Å². The molecule has 1 aliphatic carbocycles. The summed E-state index contributed by atoms with van der Waals surface area (Å²) in [6, 6.07) is 4.19. The molecule has 0 aliphatic heterocycles. The second kappa shape index (κ2) is 3.35. The Morgan fingerprint density at radius 2 is 2.29 bits per heavy atom. The van der Waals surface area contributed by atoms with Crippen molar-refractivity contribution in [3.05, 3.63) is 29.6 Å². The van der Waals surface area contributed by atoms with Crippen LogP contribution in [0.5, 0.6) is 0 Å². The van der Waals surface area contributed by atoms with Gasteiger partial charge in [0.05, 0.1) is 6.10 Å². The van der Waals surface area contributed by atoms with Gasteiger partial charge >= 0.3 is 0 Å². The van der Waals surface area contributed by atoms with Crippen molar-refractivity contribution in [2.24, 2.45) is 0 Å². The van der Waals surface area contributed by atoms with Crippen LogP contribution in [0.15, 0.2) is 18.3 Å². The van der Waals surface area contributed by atoms with Gasteiger partial charge < -0.3 is 5.11 Å². The summed E-state index contributed by atoms with van der Waals surface area (Å²) in [4.78, 5) is 4.31. The third-order valence-electron chi connectivity index (χ3n) is 3.32. The van der Waals surface area contributed by atoms with Crippen molar-refractivity contribution in [3.63, 3.8) is 0 Å². The van der Waals surface area contributed by atoms with Crippen LogP contribution in [-0.2, 0) is 5.41 Å². The number of nitrogens with zero attached hydrogens (tertiary/aromatic N) is 1. The lowest BCUT2D eigenvalue weighted by Gasteiger charge is -2.23. The molecule has 0 spiro atoms. The van der Waals surface area contributed by atoms with Gasteiger partial charge in [-0.3, -0.25) is 4.98 Å². The summed E-state index contributed by atoms with van der Waals surface area (Å²) in [6.45, 7) is 4.21. The highest BCUT2D eigenvalue weighted by atomic mass is 16.3. The van der Waals surface area contributed by atoms with Gasteiger partial charge in [0.15, 0.2) is 0 Å². The maximum atomic E-state index is 9.56. The monoisotopic (exact) mass is 191 g/mol. The first-order valence-corrected chi connectivity index (χ1v) is 5.21. The third kappa shape index (κ3) is 1.67. The predicted octanol–water partition coefficient (Wildman–Crippen LogP) is 2.19. The summed E-state index contributed by atoms with van der Waals surface area (Å²) in [5, 5.41) is 9.56. The molecular weight excluding hydrogens is 174 g/mol. The topological polar surface area (TPSA) is 33.1 Å². The van der Waals surface area contributed by atoms with Crippen LogP contribution < -0.4 is 0 Å². The van der Waals surface area contributed by atoms with E-state index in [9.17, 15) is 5.11 Å². The van der Waals surface area contributed by atoms with E-state index in [1.807, 2.05) is 19.2 Å². The molecule has 2 atom stereocenters. The Balaban J connectivity index is 2.26. The van der Waals surface area contributed by atoms with E-state index in [1.165, 1.54) is 5.56 Å². The van der Waals surface area contributed by atoms with E-state index in [4.69, 9.17) is 0 Å². The molecule has 2 nitrogen and oxygen atoms in total. The van der Waals surface area contributed by atoms with Gasteiger partial charge in [0, 0.05) is 11.9 Å². The highest BCUT2D eigenvalue weighted by molar-refractivity contribution is 5.24. The molecule has 0 amide bonds. The van der Waals surface area contributed by atoms with Crippen LogP contribution in [0, 0.1) is 6.92 Å². The van der Waals surface area contributed by atoms with E-state index in [-0.39, 0.29) is 11.5 Å². The van der Waals surface area contributed by atoms with Gasteiger partial charge in [-0.2, -0.15) is 0 Å². The fourth-order valence-electron chi connectivity index (χ4n) is 2.30. The van der Waals surface area contributed by atoms with Gasteiger partial charge in [0.1, 0.15) is 0 Å². The number of pyridine rings is 1. The van der Waals surface area contributed by atoms with Gasteiger partial charge in [-0.15, -0.1) is 0 Å². The molecule has 1 saturated carbocycles. The average molecular weight is 191 g/mol. The SMILES string of the molecule is Cc1ccc(C2(C)CCC(O)C2)cn1. The molecule has 14 heavy (non-hydrogen) atoms. The summed E-state index contributed by atoms with van der Waals surface area (Å²) in [5.41, 5.74) is 2.45. The van der Waals surface area contributed by atoms with E-state index >= 15 is 0 Å². The maximum absolute atomic E-state index is 9.56. The van der Waals surface area contributed by atoms with E-state index in [1.54, 1.807) is 0 Å². The number of aromatic nitrogens is 1. The van der Waals surface area contributed by atoms with Gasteiger partial charge in [-0.25, -0.2) is 0 Å². The summed E-state index contributed by atoms with van der Waals surface area (Å²) in [7, 11) is 0. The molecule has 2 rings (SSSR count). The Bertz CT molecular complexity index is 320. The van der Waals surface area contributed by atoms with Crippen LogP contribution in [0.3, 0.4) is 0 Å². The largest absolute Gasteiger partial charge is 0.393 e. The first kappa shape index (κ1) is 9.66. The summed E-state index contributed by atoms with van der Waals surface area (Å²) >= 11 is 0. The summed E-state index contributed by atoms with van der Waals surface area (Å²) < 4.78 is 0. The lowest BCUT2D eigenvalue weighted by atomic mass is 9.82. The fourth-order valence-corrected chi connectivity index (χ4v) is 2.30. The second-order valence-corrected chi connectivity index (χ2v) is 4.65. The van der Waals surface area contributed by atoms with Gasteiger partial charge in [0.2, 0.25) is 0 Å². The van der Waals surface area contributed by atoms with Crippen molar-refractivity contribution in [1.29, 1.82) is 0 Å². The number of rotatable bonds is 1. The summed E-state index contributed by atoms with van der Waals surface area (Å²) in [5.74, 6) is 0. The minimum atomic E-state index is -0.124. The Labute approximate surface area is 85.0 Å². The van der Waals surface area contributed by atoms with Gasteiger partial charge in [0.25, 0.3) is 0 Å². The highest BCUT2D eigenvalue weighted by Crippen LogP contribution is 2.40. The highest BCUT2D eigenvalue weighted by Gasteiger charge is 2.35. The summed E-state index contributed by atoms with van der Waals surface area (Å²) in [6.07, 6.45) is 4.69. The molecule has 0 aromatic carbocycles. The Morgan fingerprint density at radius 3 is 2.79 bits per heavy atom. The van der Waals surface area contributed by atoms with Crippen LogP contribution in [0.1, 0.15) is 37.4 Å². The van der Waals surface area contributed by atoms with Crippen LogP contribution in [0.25, 0.3) is 0 Å². The molecular formula is C12H17NO. The van der Waals surface area contributed by atoms with E-state index < -0.39 is 0 Å². The molecule has 1 aromatic heterocycles. The lowest BCUT2D eigenvalue weighted by Crippen LogP contribution is -2.19. The van der Waals surface area contributed by atoms with Crippen molar-refractivity contribution in [2.45, 2.75) is 44.6 Å². The zero-order valence-electron chi connectivity index (χ0n) is 8.83. The van der Waals surface area contributed by atoms with Crippen LogP contribution in [0.2, 0.25) is 0 Å². The van der Waals surface area contributed by atoms with Crippen LogP contribution in [-0.4, -0.2) is 16.2 Å². The Morgan fingerprint density at radius 1 is 1.50 bits per heavy atom. The molecule has 1 aliphatic rings. The maximum Gasteiger partial charge on any atom is 0.0549 e. The smallest absolute Gasteiger partial charge is 0.0549 e. The van der Waals surface area contributed by atoms with Crippen molar-refractivity contribution in [2.75, 3.05) is 0 Å². The normalized spacial score (nSPS) is 32.1. The zero-order chi connectivity index (χ0) is 10.2. The molecule has 0 radical (unpaired) electrons. The molecule has 2 heteroatoms. The Kier molecular flexibility index (Phi) is 2.31. The second-order valence-electron chi connectivity index (χ2n) is 4.65. The van der Waals surface area contributed by atoms with Gasteiger partial charge in [-0.05, 0) is 43.2 Å². The number of hydrogen-bond donors (Lipinski definition) is 1.